The summed E-state index contributed by atoms with van der Waals surface area (Å²) in [5, 5.41) is 5.13. The van der Waals surface area contributed by atoms with Gasteiger partial charge in [0.25, 0.3) is 0 Å². The maximum atomic E-state index is 5.51. The topological polar surface area (TPSA) is 53.1 Å². The Morgan fingerprint density at radius 1 is 1.25 bits per heavy atom. The van der Waals surface area contributed by atoms with Crippen molar-refractivity contribution in [2.45, 2.75) is 26.8 Å². The molecule has 3 rings (SSSR count). The van der Waals surface area contributed by atoms with Crippen LogP contribution in [0.1, 0.15) is 25.6 Å². The molecule has 3 aromatic rings. The lowest BCUT2D eigenvalue weighted by Gasteiger charge is -2.04. The van der Waals surface area contributed by atoms with Crippen molar-refractivity contribution >= 4 is 10.9 Å². The minimum atomic E-state index is 0.612. The Morgan fingerprint density at radius 3 is 2.90 bits per heavy atom. The second-order valence-corrected chi connectivity index (χ2v) is 4.56. The summed E-state index contributed by atoms with van der Waals surface area (Å²) in [7, 11) is 0. The standard InChI is InChI=1S/C15H17N3O2/c1-3-15-16-14(17-20-15)10-18-8-7-11-9-12(19-4-2)5-6-13(11)18/h5-9H,3-4,10H2,1-2H3. The number of hydrogen-bond acceptors (Lipinski definition) is 4. The van der Waals surface area contributed by atoms with Crippen LogP contribution in [0.25, 0.3) is 10.9 Å². The van der Waals surface area contributed by atoms with E-state index < -0.39 is 0 Å². The molecular weight excluding hydrogens is 254 g/mol. The van der Waals surface area contributed by atoms with Gasteiger partial charge in [-0.1, -0.05) is 12.1 Å². The van der Waals surface area contributed by atoms with Gasteiger partial charge in [0.1, 0.15) is 5.75 Å². The molecule has 5 heteroatoms. The molecule has 104 valence electrons. The molecule has 0 N–H and O–H groups in total. The minimum Gasteiger partial charge on any atom is -0.494 e. The number of hydrogen-bond donors (Lipinski definition) is 0. The zero-order valence-electron chi connectivity index (χ0n) is 11.7. The Bertz CT molecular complexity index is 715. The van der Waals surface area contributed by atoms with Crippen LogP contribution in [-0.2, 0) is 13.0 Å². The maximum absolute atomic E-state index is 5.51. The zero-order valence-corrected chi connectivity index (χ0v) is 11.7. The third-order valence-corrected chi connectivity index (χ3v) is 3.18. The maximum Gasteiger partial charge on any atom is 0.226 e. The van der Waals surface area contributed by atoms with Gasteiger partial charge in [0.2, 0.25) is 5.89 Å². The highest BCUT2D eigenvalue weighted by molar-refractivity contribution is 5.81. The Kier molecular flexibility index (Phi) is 3.41. The van der Waals surface area contributed by atoms with Crippen molar-refractivity contribution in [2.24, 2.45) is 0 Å². The van der Waals surface area contributed by atoms with Gasteiger partial charge in [-0.15, -0.1) is 0 Å². The molecule has 2 aromatic heterocycles. The number of aromatic nitrogens is 3. The van der Waals surface area contributed by atoms with Gasteiger partial charge >= 0.3 is 0 Å². The van der Waals surface area contributed by atoms with Crippen molar-refractivity contribution in [1.82, 2.24) is 14.7 Å². The smallest absolute Gasteiger partial charge is 0.226 e. The van der Waals surface area contributed by atoms with E-state index in [9.17, 15) is 0 Å². The summed E-state index contributed by atoms with van der Waals surface area (Å²) in [6.45, 7) is 5.27. The van der Waals surface area contributed by atoms with Gasteiger partial charge < -0.3 is 13.8 Å². The van der Waals surface area contributed by atoms with E-state index in [-0.39, 0.29) is 0 Å². The van der Waals surface area contributed by atoms with Crippen LogP contribution < -0.4 is 4.74 Å². The fraction of sp³-hybridized carbons (Fsp3) is 0.333. The first kappa shape index (κ1) is 12.7. The first-order chi connectivity index (χ1) is 9.80. The van der Waals surface area contributed by atoms with E-state index in [4.69, 9.17) is 9.26 Å². The summed E-state index contributed by atoms with van der Waals surface area (Å²) in [6, 6.07) is 8.15. The van der Waals surface area contributed by atoms with Gasteiger partial charge in [-0.25, -0.2) is 0 Å². The van der Waals surface area contributed by atoms with Gasteiger partial charge in [0.05, 0.1) is 13.2 Å². The molecule has 0 aliphatic heterocycles. The number of ether oxygens (including phenoxy) is 1. The van der Waals surface area contributed by atoms with E-state index in [0.717, 1.165) is 23.1 Å². The van der Waals surface area contributed by atoms with Crippen molar-refractivity contribution in [3.8, 4) is 5.75 Å². The largest absolute Gasteiger partial charge is 0.494 e. The Balaban J connectivity index is 1.88. The summed E-state index contributed by atoms with van der Waals surface area (Å²) in [5.74, 6) is 2.27. The highest BCUT2D eigenvalue weighted by atomic mass is 16.5. The van der Waals surface area contributed by atoms with Crippen LogP contribution in [0.3, 0.4) is 0 Å². The van der Waals surface area contributed by atoms with Crippen LogP contribution in [0, 0.1) is 0 Å². The van der Waals surface area contributed by atoms with E-state index in [2.05, 4.69) is 26.8 Å². The molecule has 0 aliphatic carbocycles. The molecule has 0 spiro atoms. The Hall–Kier alpha value is -2.30. The van der Waals surface area contributed by atoms with E-state index in [1.807, 2.05) is 32.2 Å². The molecule has 0 aliphatic rings. The van der Waals surface area contributed by atoms with Gasteiger partial charge in [0.15, 0.2) is 5.82 Å². The second kappa shape index (κ2) is 5.36. The number of fused-ring (bicyclic) bond motifs is 1. The molecule has 0 amide bonds. The van der Waals surface area contributed by atoms with Crippen LogP contribution >= 0.6 is 0 Å². The molecule has 0 saturated carbocycles. The number of nitrogens with zero attached hydrogens (tertiary/aromatic N) is 3. The molecule has 2 heterocycles. The number of rotatable bonds is 5. The average Bonchev–Trinajstić information content (AvgIpc) is 3.07. The summed E-state index contributed by atoms with van der Waals surface area (Å²) < 4.78 is 12.7. The van der Waals surface area contributed by atoms with E-state index in [1.165, 1.54) is 0 Å². The van der Waals surface area contributed by atoms with Crippen LogP contribution in [0.4, 0.5) is 0 Å². The lowest BCUT2D eigenvalue weighted by atomic mass is 10.2. The highest BCUT2D eigenvalue weighted by Gasteiger charge is 2.08. The molecule has 20 heavy (non-hydrogen) atoms. The SMILES string of the molecule is CCOc1ccc2c(ccn2Cc2noc(CC)n2)c1. The van der Waals surface area contributed by atoms with Crippen molar-refractivity contribution in [3.63, 3.8) is 0 Å². The molecule has 0 radical (unpaired) electrons. The quantitative estimate of drug-likeness (QED) is 0.715. The molecular formula is C15H17N3O2. The predicted octanol–water partition coefficient (Wildman–Crippen LogP) is 3.03. The molecule has 0 atom stereocenters. The highest BCUT2D eigenvalue weighted by Crippen LogP contribution is 2.22. The van der Waals surface area contributed by atoms with Crippen LogP contribution in [0.2, 0.25) is 0 Å². The van der Waals surface area contributed by atoms with Crippen molar-refractivity contribution in [3.05, 3.63) is 42.2 Å². The van der Waals surface area contributed by atoms with Crippen molar-refractivity contribution < 1.29 is 9.26 Å². The van der Waals surface area contributed by atoms with Crippen LogP contribution in [0.5, 0.6) is 5.75 Å². The number of aryl methyl sites for hydroxylation is 1. The summed E-state index contributed by atoms with van der Waals surface area (Å²) in [4.78, 5) is 4.33. The zero-order chi connectivity index (χ0) is 13.9. The van der Waals surface area contributed by atoms with E-state index in [1.54, 1.807) is 0 Å². The summed E-state index contributed by atoms with van der Waals surface area (Å²) in [5.41, 5.74) is 1.14. The van der Waals surface area contributed by atoms with Crippen LogP contribution in [0.15, 0.2) is 35.0 Å². The summed E-state index contributed by atoms with van der Waals surface area (Å²) in [6.07, 6.45) is 2.79. The molecule has 0 fully saturated rings. The Labute approximate surface area is 117 Å². The predicted molar refractivity (Wildman–Crippen MR) is 75.9 cm³/mol. The number of benzene rings is 1. The van der Waals surface area contributed by atoms with Gasteiger partial charge in [0, 0.05) is 23.5 Å². The third kappa shape index (κ3) is 2.39. The first-order valence-corrected chi connectivity index (χ1v) is 6.83. The third-order valence-electron chi connectivity index (χ3n) is 3.18. The molecule has 0 unspecified atom stereocenters. The normalized spacial score (nSPS) is 11.1. The fourth-order valence-corrected chi connectivity index (χ4v) is 2.22. The van der Waals surface area contributed by atoms with Gasteiger partial charge in [-0.05, 0) is 31.2 Å². The van der Waals surface area contributed by atoms with Gasteiger partial charge in [-0.2, -0.15) is 4.98 Å². The van der Waals surface area contributed by atoms with E-state index >= 15 is 0 Å². The van der Waals surface area contributed by atoms with Crippen molar-refractivity contribution in [2.75, 3.05) is 6.61 Å². The molecule has 0 saturated heterocycles. The van der Waals surface area contributed by atoms with Crippen molar-refractivity contribution in [1.29, 1.82) is 0 Å². The minimum absolute atomic E-state index is 0.612. The monoisotopic (exact) mass is 271 g/mol. The Morgan fingerprint density at radius 2 is 2.15 bits per heavy atom. The second-order valence-electron chi connectivity index (χ2n) is 4.56. The van der Waals surface area contributed by atoms with Crippen LogP contribution in [-0.4, -0.2) is 21.3 Å². The molecule has 1 aromatic carbocycles. The fourth-order valence-electron chi connectivity index (χ4n) is 2.22. The lowest BCUT2D eigenvalue weighted by molar-refractivity contribution is 0.340. The molecule has 5 nitrogen and oxygen atoms in total. The summed E-state index contributed by atoms with van der Waals surface area (Å²) >= 11 is 0. The van der Waals surface area contributed by atoms with Gasteiger partial charge in [-0.3, -0.25) is 0 Å². The molecule has 0 bridgehead atoms. The van der Waals surface area contributed by atoms with E-state index in [0.29, 0.717) is 24.9 Å². The average molecular weight is 271 g/mol. The lowest BCUT2D eigenvalue weighted by Crippen LogP contribution is -2.00. The first-order valence-electron chi connectivity index (χ1n) is 6.83.